The van der Waals surface area contributed by atoms with E-state index in [0.717, 1.165) is 24.7 Å². The molecule has 0 atom stereocenters. The van der Waals surface area contributed by atoms with Gasteiger partial charge in [-0.2, -0.15) is 9.40 Å². The van der Waals surface area contributed by atoms with E-state index in [2.05, 4.69) is 24.9 Å². The zero-order valence-electron chi connectivity index (χ0n) is 17.4. The SMILES string of the molecule is Cc1nn(C)c(C)c1S(=O)(=O)N1CCN(c2cc(N3CCCCC3)ncn2)CC1. The van der Waals surface area contributed by atoms with Crippen LogP contribution in [0.4, 0.5) is 11.6 Å². The van der Waals surface area contributed by atoms with Crippen molar-refractivity contribution in [2.24, 2.45) is 7.05 Å². The molecule has 0 radical (unpaired) electrons. The first kappa shape index (κ1) is 20.1. The maximum Gasteiger partial charge on any atom is 0.246 e. The minimum atomic E-state index is -3.55. The Morgan fingerprint density at radius 3 is 2.00 bits per heavy atom. The Hall–Kier alpha value is -2.20. The third-order valence-corrected chi connectivity index (χ3v) is 8.07. The predicted octanol–water partition coefficient (Wildman–Crippen LogP) is 1.33. The fourth-order valence-corrected chi connectivity index (χ4v) is 6.04. The largest absolute Gasteiger partial charge is 0.356 e. The van der Waals surface area contributed by atoms with Crippen molar-refractivity contribution in [2.75, 3.05) is 49.1 Å². The van der Waals surface area contributed by atoms with Crippen LogP contribution in [-0.2, 0) is 17.1 Å². The van der Waals surface area contributed by atoms with Crippen molar-refractivity contribution in [3.63, 3.8) is 0 Å². The lowest BCUT2D eigenvalue weighted by Gasteiger charge is -2.35. The Balaban J connectivity index is 1.47. The molecule has 0 saturated carbocycles. The summed E-state index contributed by atoms with van der Waals surface area (Å²) < 4.78 is 29.5. The molecular formula is C19H29N7O2S. The first-order chi connectivity index (χ1) is 13.9. The van der Waals surface area contributed by atoms with E-state index in [4.69, 9.17) is 0 Å². The second-order valence-electron chi connectivity index (χ2n) is 7.80. The molecule has 0 amide bonds. The average Bonchev–Trinajstić information content (AvgIpc) is 3.01. The van der Waals surface area contributed by atoms with Gasteiger partial charge in [0.1, 0.15) is 22.9 Å². The zero-order chi connectivity index (χ0) is 20.6. The monoisotopic (exact) mass is 419 g/mol. The molecule has 0 unspecified atom stereocenters. The number of hydrogen-bond acceptors (Lipinski definition) is 7. The summed E-state index contributed by atoms with van der Waals surface area (Å²) in [5.74, 6) is 1.83. The summed E-state index contributed by atoms with van der Waals surface area (Å²) in [6.07, 6.45) is 5.29. The molecule has 0 bridgehead atoms. The van der Waals surface area contributed by atoms with E-state index in [9.17, 15) is 8.42 Å². The van der Waals surface area contributed by atoms with Gasteiger partial charge >= 0.3 is 0 Å². The first-order valence-corrected chi connectivity index (χ1v) is 11.6. The topological polar surface area (TPSA) is 87.5 Å². The van der Waals surface area contributed by atoms with Crippen molar-refractivity contribution < 1.29 is 8.42 Å². The van der Waals surface area contributed by atoms with Crippen LogP contribution in [0.25, 0.3) is 0 Å². The maximum atomic E-state index is 13.2. The highest BCUT2D eigenvalue weighted by Gasteiger charge is 2.33. The third-order valence-electron chi connectivity index (χ3n) is 5.92. The van der Waals surface area contributed by atoms with Gasteiger partial charge in [0, 0.05) is 52.4 Å². The molecule has 4 heterocycles. The Morgan fingerprint density at radius 1 is 0.862 bits per heavy atom. The van der Waals surface area contributed by atoms with Gasteiger partial charge in [0.15, 0.2) is 0 Å². The molecule has 29 heavy (non-hydrogen) atoms. The molecule has 2 aliphatic rings. The second kappa shape index (κ2) is 7.91. The number of nitrogens with zero attached hydrogens (tertiary/aromatic N) is 7. The maximum absolute atomic E-state index is 13.2. The van der Waals surface area contributed by atoms with Crippen molar-refractivity contribution in [2.45, 2.75) is 38.0 Å². The molecule has 2 aromatic rings. The summed E-state index contributed by atoms with van der Waals surface area (Å²) in [6.45, 7) is 7.68. The molecule has 4 rings (SSSR count). The molecule has 0 aromatic carbocycles. The summed E-state index contributed by atoms with van der Waals surface area (Å²) in [6, 6.07) is 2.03. The molecular weight excluding hydrogens is 390 g/mol. The Kier molecular flexibility index (Phi) is 5.48. The Bertz CT molecular complexity index is 974. The summed E-state index contributed by atoms with van der Waals surface area (Å²) in [4.78, 5) is 13.7. The van der Waals surface area contributed by atoms with Gasteiger partial charge in [0.25, 0.3) is 0 Å². The van der Waals surface area contributed by atoms with Gasteiger partial charge in [-0.3, -0.25) is 4.68 Å². The number of rotatable bonds is 4. The molecule has 9 nitrogen and oxygen atoms in total. The number of sulfonamides is 1. The fraction of sp³-hybridized carbons (Fsp3) is 0.632. The van der Waals surface area contributed by atoms with Crippen LogP contribution in [0.1, 0.15) is 30.7 Å². The van der Waals surface area contributed by atoms with E-state index < -0.39 is 10.0 Å². The lowest BCUT2D eigenvalue weighted by atomic mass is 10.1. The molecule has 2 saturated heterocycles. The molecule has 0 N–H and O–H groups in total. The van der Waals surface area contributed by atoms with E-state index in [1.165, 1.54) is 19.3 Å². The summed E-state index contributed by atoms with van der Waals surface area (Å²) in [5.41, 5.74) is 1.22. The smallest absolute Gasteiger partial charge is 0.246 e. The highest BCUT2D eigenvalue weighted by atomic mass is 32.2. The predicted molar refractivity (Wildman–Crippen MR) is 112 cm³/mol. The van der Waals surface area contributed by atoms with Crippen molar-refractivity contribution >= 4 is 21.7 Å². The molecule has 0 aliphatic carbocycles. The van der Waals surface area contributed by atoms with Gasteiger partial charge < -0.3 is 9.80 Å². The van der Waals surface area contributed by atoms with Crippen molar-refractivity contribution in [1.29, 1.82) is 0 Å². The normalized spacial score (nSPS) is 19.0. The summed E-state index contributed by atoms with van der Waals surface area (Å²) >= 11 is 0. The number of aromatic nitrogens is 4. The van der Waals surface area contributed by atoms with Gasteiger partial charge in [0.2, 0.25) is 10.0 Å². The zero-order valence-corrected chi connectivity index (χ0v) is 18.2. The fourth-order valence-electron chi connectivity index (χ4n) is 4.22. The average molecular weight is 420 g/mol. The van der Waals surface area contributed by atoms with Crippen LogP contribution >= 0.6 is 0 Å². The minimum absolute atomic E-state index is 0.336. The lowest BCUT2D eigenvalue weighted by Crippen LogP contribution is -2.49. The van der Waals surface area contributed by atoms with Gasteiger partial charge in [-0.25, -0.2) is 18.4 Å². The van der Waals surface area contributed by atoms with Crippen LogP contribution < -0.4 is 9.80 Å². The molecule has 158 valence electrons. The Morgan fingerprint density at radius 2 is 1.45 bits per heavy atom. The molecule has 2 aromatic heterocycles. The number of hydrogen-bond donors (Lipinski definition) is 0. The van der Waals surface area contributed by atoms with Gasteiger partial charge in [-0.05, 0) is 33.1 Å². The standard InChI is InChI=1S/C19H29N7O2S/c1-15-19(16(2)23(3)22-15)29(27,28)26-11-9-25(10-12-26)18-13-17(20-14-21-18)24-7-5-4-6-8-24/h13-14H,4-12H2,1-3H3. The summed E-state index contributed by atoms with van der Waals surface area (Å²) in [5, 5.41) is 4.27. The molecule has 0 spiro atoms. The molecule has 10 heteroatoms. The van der Waals surface area contributed by atoms with Gasteiger partial charge in [0.05, 0.1) is 11.4 Å². The van der Waals surface area contributed by atoms with E-state index in [1.54, 1.807) is 36.2 Å². The first-order valence-electron chi connectivity index (χ1n) is 10.2. The number of aryl methyl sites for hydroxylation is 2. The number of piperazine rings is 1. The van der Waals surface area contributed by atoms with Crippen LogP contribution in [0.5, 0.6) is 0 Å². The summed E-state index contributed by atoms with van der Waals surface area (Å²) in [7, 11) is -1.78. The minimum Gasteiger partial charge on any atom is -0.356 e. The van der Waals surface area contributed by atoms with Crippen molar-refractivity contribution in [3.05, 3.63) is 23.8 Å². The Labute approximate surface area is 172 Å². The molecule has 2 aliphatic heterocycles. The van der Waals surface area contributed by atoms with Crippen LogP contribution in [0.3, 0.4) is 0 Å². The molecule has 2 fully saturated rings. The highest BCUT2D eigenvalue weighted by molar-refractivity contribution is 7.89. The van der Waals surface area contributed by atoms with Crippen LogP contribution in [0.15, 0.2) is 17.3 Å². The second-order valence-corrected chi connectivity index (χ2v) is 9.67. The van der Waals surface area contributed by atoms with E-state index in [1.807, 2.05) is 6.07 Å². The van der Waals surface area contributed by atoms with E-state index in [-0.39, 0.29) is 0 Å². The van der Waals surface area contributed by atoms with Gasteiger partial charge in [-0.15, -0.1) is 0 Å². The van der Waals surface area contributed by atoms with Crippen LogP contribution in [0, 0.1) is 13.8 Å². The number of anilines is 2. The van der Waals surface area contributed by atoms with Crippen LogP contribution in [0.2, 0.25) is 0 Å². The van der Waals surface area contributed by atoms with Crippen LogP contribution in [-0.4, -0.2) is 71.7 Å². The van der Waals surface area contributed by atoms with E-state index >= 15 is 0 Å². The third kappa shape index (κ3) is 3.83. The quantitative estimate of drug-likeness (QED) is 0.739. The lowest BCUT2D eigenvalue weighted by molar-refractivity contribution is 0.383. The van der Waals surface area contributed by atoms with Crippen molar-refractivity contribution in [1.82, 2.24) is 24.1 Å². The van der Waals surface area contributed by atoms with E-state index in [0.29, 0.717) is 42.5 Å². The highest BCUT2D eigenvalue weighted by Crippen LogP contribution is 2.26. The van der Waals surface area contributed by atoms with Gasteiger partial charge in [-0.1, -0.05) is 0 Å². The number of piperidine rings is 1. The van der Waals surface area contributed by atoms with Crippen molar-refractivity contribution in [3.8, 4) is 0 Å².